The van der Waals surface area contributed by atoms with Crippen LogP contribution in [0.2, 0.25) is 0 Å². The van der Waals surface area contributed by atoms with Gasteiger partial charge in [-0.25, -0.2) is 0 Å². The van der Waals surface area contributed by atoms with E-state index in [0.29, 0.717) is 18.0 Å². The van der Waals surface area contributed by atoms with Gasteiger partial charge in [0.25, 0.3) is 0 Å². The van der Waals surface area contributed by atoms with Crippen molar-refractivity contribution in [2.75, 3.05) is 13.3 Å². The lowest BCUT2D eigenvalue weighted by Gasteiger charge is -2.22. The van der Waals surface area contributed by atoms with Crippen LogP contribution in [0.25, 0.3) is 0 Å². The fourth-order valence-electron chi connectivity index (χ4n) is 2.13. The van der Waals surface area contributed by atoms with Crippen LogP contribution >= 0.6 is 0 Å². The van der Waals surface area contributed by atoms with E-state index in [0.717, 1.165) is 12.0 Å². The maximum Gasteiger partial charge on any atom is 0.239 e. The van der Waals surface area contributed by atoms with Crippen LogP contribution in [0.4, 0.5) is 0 Å². The average molecular weight is 306 g/mol. The number of amides is 2. The third-order valence-corrected chi connectivity index (χ3v) is 3.61. The minimum atomic E-state index is -0.148. The quantitative estimate of drug-likeness (QED) is 0.868. The normalized spacial score (nSPS) is 13.6. The maximum absolute atomic E-state index is 12.0. The highest BCUT2D eigenvalue weighted by atomic mass is 16.7. The van der Waals surface area contributed by atoms with E-state index in [9.17, 15) is 9.59 Å². The minimum absolute atomic E-state index is 0.0497. The predicted octanol–water partition coefficient (Wildman–Crippen LogP) is 1.68. The molecule has 1 unspecified atom stereocenters. The van der Waals surface area contributed by atoms with Gasteiger partial charge in [-0.1, -0.05) is 13.0 Å². The summed E-state index contributed by atoms with van der Waals surface area (Å²) in [6, 6.07) is 5.63. The molecule has 0 saturated carbocycles. The summed E-state index contributed by atoms with van der Waals surface area (Å²) in [5, 5.41) is 2.86. The molecule has 1 heterocycles. The van der Waals surface area contributed by atoms with Crippen molar-refractivity contribution < 1.29 is 19.1 Å². The molecule has 0 aliphatic carbocycles. The summed E-state index contributed by atoms with van der Waals surface area (Å²) in [7, 11) is 0. The van der Waals surface area contributed by atoms with E-state index in [1.54, 1.807) is 0 Å². The number of ether oxygens (including phenoxy) is 2. The summed E-state index contributed by atoms with van der Waals surface area (Å²) < 4.78 is 10.6. The van der Waals surface area contributed by atoms with Crippen molar-refractivity contribution in [3.8, 4) is 11.5 Å². The number of carbonyl (C=O) groups is 2. The van der Waals surface area contributed by atoms with Crippen molar-refractivity contribution in [1.82, 2.24) is 10.2 Å². The zero-order valence-corrected chi connectivity index (χ0v) is 13.2. The smallest absolute Gasteiger partial charge is 0.239 e. The predicted molar refractivity (Wildman–Crippen MR) is 81.6 cm³/mol. The van der Waals surface area contributed by atoms with Gasteiger partial charge in [-0.15, -0.1) is 0 Å². The largest absolute Gasteiger partial charge is 0.454 e. The fourth-order valence-corrected chi connectivity index (χ4v) is 2.13. The zero-order chi connectivity index (χ0) is 16.1. The van der Waals surface area contributed by atoms with Crippen molar-refractivity contribution in [1.29, 1.82) is 0 Å². The number of hydrogen-bond donors (Lipinski definition) is 1. The standard InChI is InChI=1S/C16H22N2O4/c1-4-11(2)17-16(20)9-18(12(3)19)8-13-5-6-14-15(7-13)22-10-21-14/h5-7,11H,4,8-10H2,1-3H3,(H,17,20). The molecule has 0 saturated heterocycles. The molecule has 1 aromatic rings. The van der Waals surface area contributed by atoms with Gasteiger partial charge in [0.05, 0.1) is 6.54 Å². The van der Waals surface area contributed by atoms with Crippen LogP contribution in [0.1, 0.15) is 32.8 Å². The molecule has 1 aromatic carbocycles. The molecule has 6 heteroatoms. The number of carbonyl (C=O) groups excluding carboxylic acids is 2. The van der Waals surface area contributed by atoms with E-state index in [-0.39, 0.29) is 31.2 Å². The Balaban J connectivity index is 2.00. The summed E-state index contributed by atoms with van der Waals surface area (Å²) in [5.74, 6) is 1.08. The van der Waals surface area contributed by atoms with Crippen LogP contribution in [-0.4, -0.2) is 36.1 Å². The van der Waals surface area contributed by atoms with Gasteiger partial charge in [0.1, 0.15) is 0 Å². The van der Waals surface area contributed by atoms with E-state index in [2.05, 4.69) is 5.32 Å². The molecule has 22 heavy (non-hydrogen) atoms. The van der Waals surface area contributed by atoms with Crippen molar-refractivity contribution >= 4 is 11.8 Å². The monoisotopic (exact) mass is 306 g/mol. The first-order valence-electron chi connectivity index (χ1n) is 7.43. The fraction of sp³-hybridized carbons (Fsp3) is 0.500. The lowest BCUT2D eigenvalue weighted by molar-refractivity contribution is -0.135. The van der Waals surface area contributed by atoms with Gasteiger partial charge in [-0.3, -0.25) is 9.59 Å². The first-order chi connectivity index (χ1) is 10.5. The third kappa shape index (κ3) is 4.13. The second-order valence-corrected chi connectivity index (χ2v) is 5.44. The van der Waals surface area contributed by atoms with Gasteiger partial charge in [0.2, 0.25) is 18.6 Å². The van der Waals surface area contributed by atoms with Crippen molar-refractivity contribution in [3.63, 3.8) is 0 Å². The van der Waals surface area contributed by atoms with E-state index < -0.39 is 0 Å². The summed E-state index contributed by atoms with van der Waals surface area (Å²) in [6.07, 6.45) is 0.855. The van der Waals surface area contributed by atoms with Gasteiger partial charge in [0, 0.05) is 19.5 Å². The Bertz CT molecular complexity index is 559. The average Bonchev–Trinajstić information content (AvgIpc) is 2.93. The number of hydrogen-bond acceptors (Lipinski definition) is 4. The van der Waals surface area contributed by atoms with Crippen LogP contribution in [0.15, 0.2) is 18.2 Å². The molecular weight excluding hydrogens is 284 g/mol. The molecule has 1 N–H and O–H groups in total. The van der Waals surface area contributed by atoms with Gasteiger partial charge in [0.15, 0.2) is 11.5 Å². The maximum atomic E-state index is 12.0. The molecule has 0 fully saturated rings. The molecule has 120 valence electrons. The Kier molecular flexibility index (Phi) is 5.25. The van der Waals surface area contributed by atoms with E-state index in [1.165, 1.54) is 11.8 Å². The van der Waals surface area contributed by atoms with Crippen LogP contribution in [0, 0.1) is 0 Å². The Labute approximate surface area is 130 Å². The molecule has 1 atom stereocenters. The SMILES string of the molecule is CCC(C)NC(=O)CN(Cc1ccc2c(c1)OCO2)C(C)=O. The molecule has 2 rings (SSSR count). The Hall–Kier alpha value is -2.24. The number of benzene rings is 1. The van der Waals surface area contributed by atoms with Crippen molar-refractivity contribution in [2.45, 2.75) is 39.8 Å². The van der Waals surface area contributed by atoms with Gasteiger partial charge in [-0.2, -0.15) is 0 Å². The second kappa shape index (κ2) is 7.15. The number of fused-ring (bicyclic) bond motifs is 1. The van der Waals surface area contributed by atoms with E-state index in [4.69, 9.17) is 9.47 Å². The van der Waals surface area contributed by atoms with Crippen LogP contribution in [-0.2, 0) is 16.1 Å². The summed E-state index contributed by atoms with van der Waals surface area (Å²) in [4.78, 5) is 25.2. The number of nitrogens with zero attached hydrogens (tertiary/aromatic N) is 1. The molecule has 1 aliphatic rings. The molecule has 6 nitrogen and oxygen atoms in total. The highest BCUT2D eigenvalue weighted by Crippen LogP contribution is 2.32. The van der Waals surface area contributed by atoms with E-state index >= 15 is 0 Å². The second-order valence-electron chi connectivity index (χ2n) is 5.44. The Morgan fingerprint density at radius 2 is 2.05 bits per heavy atom. The molecule has 1 aliphatic heterocycles. The summed E-state index contributed by atoms with van der Waals surface area (Å²) >= 11 is 0. The molecule has 0 bridgehead atoms. The molecule has 0 spiro atoms. The molecular formula is C16H22N2O4. The summed E-state index contributed by atoms with van der Waals surface area (Å²) in [5.41, 5.74) is 0.899. The molecule has 2 amide bonds. The van der Waals surface area contributed by atoms with Crippen LogP contribution < -0.4 is 14.8 Å². The Morgan fingerprint density at radius 3 is 2.73 bits per heavy atom. The van der Waals surface area contributed by atoms with Crippen LogP contribution in [0.3, 0.4) is 0 Å². The molecule has 0 aromatic heterocycles. The number of rotatable bonds is 6. The molecule has 0 radical (unpaired) electrons. The highest BCUT2D eigenvalue weighted by Gasteiger charge is 2.18. The van der Waals surface area contributed by atoms with Crippen LogP contribution in [0.5, 0.6) is 11.5 Å². The lowest BCUT2D eigenvalue weighted by atomic mass is 10.2. The van der Waals surface area contributed by atoms with E-state index in [1.807, 2.05) is 32.0 Å². The first-order valence-corrected chi connectivity index (χ1v) is 7.43. The van der Waals surface area contributed by atoms with Crippen molar-refractivity contribution in [3.05, 3.63) is 23.8 Å². The van der Waals surface area contributed by atoms with Gasteiger partial charge < -0.3 is 19.7 Å². The first kappa shape index (κ1) is 16.1. The summed E-state index contributed by atoms with van der Waals surface area (Å²) in [6.45, 7) is 6.03. The van der Waals surface area contributed by atoms with Gasteiger partial charge in [-0.05, 0) is 31.0 Å². The topological polar surface area (TPSA) is 67.9 Å². The minimum Gasteiger partial charge on any atom is -0.454 e. The lowest BCUT2D eigenvalue weighted by Crippen LogP contribution is -2.42. The van der Waals surface area contributed by atoms with Crippen molar-refractivity contribution in [2.24, 2.45) is 0 Å². The third-order valence-electron chi connectivity index (χ3n) is 3.61. The highest BCUT2D eigenvalue weighted by molar-refractivity contribution is 5.83. The zero-order valence-electron chi connectivity index (χ0n) is 13.2. The number of nitrogens with one attached hydrogen (secondary N) is 1. The Morgan fingerprint density at radius 1 is 1.32 bits per heavy atom. The van der Waals surface area contributed by atoms with Gasteiger partial charge >= 0.3 is 0 Å².